The van der Waals surface area contributed by atoms with Crippen LogP contribution in [0.15, 0.2) is 24.3 Å². The van der Waals surface area contributed by atoms with E-state index in [9.17, 15) is 9.18 Å². The molecule has 0 aromatic heterocycles. The molecule has 1 aliphatic heterocycles. The highest BCUT2D eigenvalue weighted by atomic mass is 19.1. The van der Waals surface area contributed by atoms with Crippen LogP contribution in [0.25, 0.3) is 0 Å². The number of hydrogen-bond acceptors (Lipinski definition) is 2. The van der Waals surface area contributed by atoms with E-state index < -0.39 is 0 Å². The lowest BCUT2D eigenvalue weighted by Crippen LogP contribution is -2.47. The highest BCUT2D eigenvalue weighted by molar-refractivity contribution is 5.78. The van der Waals surface area contributed by atoms with Crippen molar-refractivity contribution in [3.8, 4) is 0 Å². The summed E-state index contributed by atoms with van der Waals surface area (Å²) in [4.78, 5) is 14.0. The second-order valence-electron chi connectivity index (χ2n) is 4.77. The number of hydrogen-bond donors (Lipinski definition) is 1. The topological polar surface area (TPSA) is 32.3 Å². The third kappa shape index (κ3) is 3.29. The number of piperidine rings is 1. The van der Waals surface area contributed by atoms with Gasteiger partial charge in [-0.15, -0.1) is 0 Å². The molecule has 1 fully saturated rings. The van der Waals surface area contributed by atoms with Gasteiger partial charge in [0.15, 0.2) is 0 Å². The van der Waals surface area contributed by atoms with Crippen LogP contribution in [0, 0.1) is 5.82 Å². The van der Waals surface area contributed by atoms with Gasteiger partial charge in [-0.3, -0.25) is 4.79 Å². The van der Waals surface area contributed by atoms with Gasteiger partial charge in [-0.05, 0) is 37.6 Å². The van der Waals surface area contributed by atoms with Crippen LogP contribution in [0.5, 0.6) is 0 Å². The number of carbonyl (C=O) groups is 1. The number of benzene rings is 1. The van der Waals surface area contributed by atoms with Crippen molar-refractivity contribution in [2.75, 3.05) is 20.1 Å². The SMILES string of the molecule is CNC1CCCN(C(=O)Cc2ccc(F)cc2)C1. The Morgan fingerprint density at radius 1 is 1.44 bits per heavy atom. The molecule has 3 nitrogen and oxygen atoms in total. The maximum atomic E-state index is 12.8. The molecule has 0 bridgehead atoms. The first-order valence-electron chi connectivity index (χ1n) is 6.38. The van der Waals surface area contributed by atoms with E-state index in [1.165, 1.54) is 12.1 Å². The van der Waals surface area contributed by atoms with Crippen LogP contribution >= 0.6 is 0 Å². The van der Waals surface area contributed by atoms with Gasteiger partial charge in [0.2, 0.25) is 5.91 Å². The summed E-state index contributed by atoms with van der Waals surface area (Å²) in [5.74, 6) is -0.138. The molecule has 1 aromatic carbocycles. The number of carbonyl (C=O) groups excluding carboxylic acids is 1. The van der Waals surface area contributed by atoms with Crippen LogP contribution in [0.4, 0.5) is 4.39 Å². The van der Waals surface area contributed by atoms with Gasteiger partial charge in [-0.25, -0.2) is 4.39 Å². The minimum atomic E-state index is -0.264. The molecule has 18 heavy (non-hydrogen) atoms. The Hall–Kier alpha value is -1.42. The number of halogens is 1. The van der Waals surface area contributed by atoms with E-state index in [1.807, 2.05) is 11.9 Å². The Bertz CT molecular complexity index is 405. The Morgan fingerprint density at radius 3 is 2.83 bits per heavy atom. The average Bonchev–Trinajstić information content (AvgIpc) is 2.41. The monoisotopic (exact) mass is 250 g/mol. The predicted molar refractivity (Wildman–Crippen MR) is 68.8 cm³/mol. The Morgan fingerprint density at radius 2 is 2.17 bits per heavy atom. The number of likely N-dealkylation sites (tertiary alicyclic amines) is 1. The molecule has 1 heterocycles. The molecule has 1 atom stereocenters. The zero-order chi connectivity index (χ0) is 13.0. The maximum absolute atomic E-state index is 12.8. The second-order valence-corrected chi connectivity index (χ2v) is 4.77. The van der Waals surface area contributed by atoms with Gasteiger partial charge in [0, 0.05) is 19.1 Å². The molecule has 2 rings (SSSR count). The van der Waals surface area contributed by atoms with E-state index in [0.717, 1.165) is 31.5 Å². The third-order valence-electron chi connectivity index (χ3n) is 3.45. The minimum Gasteiger partial charge on any atom is -0.341 e. The van der Waals surface area contributed by atoms with Gasteiger partial charge in [0.05, 0.1) is 6.42 Å². The van der Waals surface area contributed by atoms with Gasteiger partial charge in [-0.2, -0.15) is 0 Å². The van der Waals surface area contributed by atoms with Gasteiger partial charge in [0.25, 0.3) is 0 Å². The van der Waals surface area contributed by atoms with Gasteiger partial charge in [-0.1, -0.05) is 12.1 Å². The van der Waals surface area contributed by atoms with Gasteiger partial charge in [0.1, 0.15) is 5.82 Å². The summed E-state index contributed by atoms with van der Waals surface area (Å²) in [5, 5.41) is 3.22. The fourth-order valence-electron chi connectivity index (χ4n) is 2.33. The lowest BCUT2D eigenvalue weighted by Gasteiger charge is -2.32. The first kappa shape index (κ1) is 13.0. The van der Waals surface area contributed by atoms with Crippen LogP contribution in [0.3, 0.4) is 0 Å². The molecule has 98 valence electrons. The van der Waals surface area contributed by atoms with Crippen molar-refractivity contribution in [1.82, 2.24) is 10.2 Å². The highest BCUT2D eigenvalue weighted by Crippen LogP contribution is 2.12. The fraction of sp³-hybridized carbons (Fsp3) is 0.500. The first-order chi connectivity index (χ1) is 8.69. The Labute approximate surface area is 107 Å². The molecule has 0 radical (unpaired) electrons. The van der Waals surface area contributed by atoms with Crippen LogP contribution in [-0.4, -0.2) is 37.0 Å². The van der Waals surface area contributed by atoms with Crippen molar-refractivity contribution >= 4 is 5.91 Å². The summed E-state index contributed by atoms with van der Waals surface area (Å²) in [6, 6.07) is 6.54. The number of nitrogens with one attached hydrogen (secondary N) is 1. The normalized spacial score (nSPS) is 19.9. The average molecular weight is 250 g/mol. The summed E-state index contributed by atoms with van der Waals surface area (Å²) in [7, 11) is 1.93. The molecule has 1 aliphatic rings. The second kappa shape index (κ2) is 5.96. The molecule has 1 saturated heterocycles. The number of amides is 1. The number of rotatable bonds is 3. The number of nitrogens with zero attached hydrogens (tertiary/aromatic N) is 1. The van der Waals surface area contributed by atoms with E-state index in [0.29, 0.717) is 12.5 Å². The molecule has 1 amide bonds. The van der Waals surface area contributed by atoms with Crippen LogP contribution in [-0.2, 0) is 11.2 Å². The van der Waals surface area contributed by atoms with Crippen LogP contribution in [0.2, 0.25) is 0 Å². The summed E-state index contributed by atoms with van der Waals surface area (Å²) < 4.78 is 12.8. The van der Waals surface area contributed by atoms with Crippen molar-refractivity contribution < 1.29 is 9.18 Å². The van der Waals surface area contributed by atoms with Gasteiger partial charge >= 0.3 is 0 Å². The molecule has 1 unspecified atom stereocenters. The third-order valence-corrected chi connectivity index (χ3v) is 3.45. The van der Waals surface area contributed by atoms with E-state index in [1.54, 1.807) is 12.1 Å². The predicted octanol–water partition coefficient (Wildman–Crippen LogP) is 1.58. The quantitative estimate of drug-likeness (QED) is 0.883. The van der Waals surface area contributed by atoms with E-state index in [4.69, 9.17) is 0 Å². The van der Waals surface area contributed by atoms with Crippen LogP contribution < -0.4 is 5.32 Å². The van der Waals surface area contributed by atoms with Gasteiger partial charge < -0.3 is 10.2 Å². The molecule has 4 heteroatoms. The Kier molecular flexibility index (Phi) is 4.31. The highest BCUT2D eigenvalue weighted by Gasteiger charge is 2.22. The molecule has 1 aromatic rings. The van der Waals surface area contributed by atoms with E-state index >= 15 is 0 Å². The van der Waals surface area contributed by atoms with E-state index in [-0.39, 0.29) is 11.7 Å². The lowest BCUT2D eigenvalue weighted by molar-refractivity contribution is -0.131. The smallest absolute Gasteiger partial charge is 0.227 e. The summed E-state index contributed by atoms with van der Waals surface area (Å²) in [6.07, 6.45) is 2.52. The van der Waals surface area contributed by atoms with Crippen molar-refractivity contribution in [3.05, 3.63) is 35.6 Å². The van der Waals surface area contributed by atoms with E-state index in [2.05, 4.69) is 5.32 Å². The maximum Gasteiger partial charge on any atom is 0.227 e. The van der Waals surface area contributed by atoms with Crippen molar-refractivity contribution in [2.45, 2.75) is 25.3 Å². The molecule has 0 spiro atoms. The first-order valence-corrected chi connectivity index (χ1v) is 6.38. The Balaban J connectivity index is 1.93. The van der Waals surface area contributed by atoms with Crippen LogP contribution in [0.1, 0.15) is 18.4 Å². The largest absolute Gasteiger partial charge is 0.341 e. The molecule has 0 aliphatic carbocycles. The molecule has 0 saturated carbocycles. The summed E-state index contributed by atoms with van der Waals surface area (Å²) in [6.45, 7) is 1.61. The standard InChI is InChI=1S/C14H19FN2O/c1-16-13-3-2-8-17(10-13)14(18)9-11-4-6-12(15)7-5-11/h4-7,13,16H,2-3,8-10H2,1H3. The minimum absolute atomic E-state index is 0.126. The van der Waals surface area contributed by atoms with Crippen molar-refractivity contribution in [3.63, 3.8) is 0 Å². The summed E-state index contributed by atoms with van der Waals surface area (Å²) >= 11 is 0. The van der Waals surface area contributed by atoms with Crippen molar-refractivity contribution in [1.29, 1.82) is 0 Å². The summed E-state index contributed by atoms with van der Waals surface area (Å²) in [5.41, 5.74) is 0.869. The zero-order valence-corrected chi connectivity index (χ0v) is 10.7. The molecular formula is C14H19FN2O. The van der Waals surface area contributed by atoms with Crippen molar-refractivity contribution in [2.24, 2.45) is 0 Å². The molecular weight excluding hydrogens is 231 g/mol. The molecule has 1 N–H and O–H groups in total. The fourth-order valence-corrected chi connectivity index (χ4v) is 2.33. The number of likely N-dealkylation sites (N-methyl/N-ethyl adjacent to an activating group) is 1. The zero-order valence-electron chi connectivity index (χ0n) is 10.7. The lowest BCUT2D eigenvalue weighted by atomic mass is 10.0.